The summed E-state index contributed by atoms with van der Waals surface area (Å²) in [6.07, 6.45) is 0.521. The van der Waals surface area contributed by atoms with Gasteiger partial charge in [0.1, 0.15) is 11.3 Å². The van der Waals surface area contributed by atoms with E-state index in [9.17, 15) is 9.18 Å². The van der Waals surface area contributed by atoms with Crippen molar-refractivity contribution in [1.82, 2.24) is 20.3 Å². The highest BCUT2D eigenvalue weighted by atomic mass is 35.5. The zero-order chi connectivity index (χ0) is 21.3. The SMILES string of the molecule is Cc1cc(C(C)NC(=O)OC(C)(C)C)c2cc(-c3nc(Cl)ncc3F)ccc2n1. The van der Waals surface area contributed by atoms with Gasteiger partial charge in [0, 0.05) is 16.6 Å². The number of nitrogens with one attached hydrogen (secondary N) is 1. The molecule has 6 nitrogen and oxygen atoms in total. The molecule has 0 aliphatic heterocycles. The summed E-state index contributed by atoms with van der Waals surface area (Å²) < 4.78 is 19.6. The predicted octanol–water partition coefficient (Wildman–Crippen LogP) is 5.38. The second kappa shape index (κ2) is 7.91. The molecule has 1 unspecified atom stereocenters. The molecular weight excluding hydrogens is 395 g/mol. The van der Waals surface area contributed by atoms with Crippen LogP contribution in [0.4, 0.5) is 9.18 Å². The van der Waals surface area contributed by atoms with Crippen LogP contribution >= 0.6 is 11.6 Å². The molecule has 0 saturated carbocycles. The molecule has 0 saturated heterocycles. The second-order valence-electron chi connectivity index (χ2n) is 7.79. The van der Waals surface area contributed by atoms with Gasteiger partial charge >= 0.3 is 6.09 Å². The van der Waals surface area contributed by atoms with Gasteiger partial charge in [-0.25, -0.2) is 19.2 Å². The maximum Gasteiger partial charge on any atom is 0.408 e. The van der Waals surface area contributed by atoms with Crippen molar-refractivity contribution >= 4 is 28.6 Å². The van der Waals surface area contributed by atoms with Crippen LogP contribution in [0.15, 0.2) is 30.5 Å². The molecule has 0 fully saturated rings. The number of benzene rings is 1. The molecule has 3 rings (SSSR count). The minimum absolute atomic E-state index is 0.0382. The Kier molecular flexibility index (Phi) is 5.71. The Hall–Kier alpha value is -2.80. The molecule has 0 spiro atoms. The minimum atomic E-state index is -0.600. The van der Waals surface area contributed by atoms with Gasteiger partial charge in [-0.15, -0.1) is 0 Å². The van der Waals surface area contributed by atoms with E-state index in [-0.39, 0.29) is 17.0 Å². The lowest BCUT2D eigenvalue weighted by Gasteiger charge is -2.23. The summed E-state index contributed by atoms with van der Waals surface area (Å²) in [4.78, 5) is 24.4. The summed E-state index contributed by atoms with van der Waals surface area (Å²) >= 11 is 5.83. The molecular formula is C21H22ClFN4O2. The lowest BCUT2D eigenvalue weighted by molar-refractivity contribution is 0.0508. The van der Waals surface area contributed by atoms with Crippen molar-refractivity contribution in [1.29, 1.82) is 0 Å². The smallest absolute Gasteiger partial charge is 0.408 e. The maximum absolute atomic E-state index is 14.2. The summed E-state index contributed by atoms with van der Waals surface area (Å²) in [5, 5.41) is 3.57. The van der Waals surface area contributed by atoms with E-state index in [1.54, 1.807) is 39.0 Å². The van der Waals surface area contributed by atoms with Gasteiger partial charge in [0.2, 0.25) is 5.28 Å². The number of amides is 1. The van der Waals surface area contributed by atoms with Crippen molar-refractivity contribution in [2.24, 2.45) is 0 Å². The van der Waals surface area contributed by atoms with Gasteiger partial charge < -0.3 is 10.1 Å². The van der Waals surface area contributed by atoms with Gasteiger partial charge in [-0.1, -0.05) is 6.07 Å². The van der Waals surface area contributed by atoms with Crippen LogP contribution in [0.2, 0.25) is 5.28 Å². The molecule has 1 aromatic carbocycles. The average Bonchev–Trinajstić information content (AvgIpc) is 2.61. The van der Waals surface area contributed by atoms with E-state index in [4.69, 9.17) is 16.3 Å². The Bertz CT molecular complexity index is 1080. The Labute approximate surface area is 173 Å². The zero-order valence-electron chi connectivity index (χ0n) is 16.9. The first-order chi connectivity index (χ1) is 13.5. The number of carbonyl (C=O) groups excluding carboxylic acids is 1. The molecule has 29 heavy (non-hydrogen) atoms. The lowest BCUT2D eigenvalue weighted by atomic mass is 9.99. The molecule has 1 amide bonds. The number of alkyl carbamates (subject to hydrolysis) is 1. The normalized spacial score (nSPS) is 12.7. The number of rotatable bonds is 3. The number of aryl methyl sites for hydroxylation is 1. The first-order valence-electron chi connectivity index (χ1n) is 9.13. The molecule has 8 heteroatoms. The van der Waals surface area contributed by atoms with E-state index < -0.39 is 17.5 Å². The molecule has 2 aromatic heterocycles. The second-order valence-corrected chi connectivity index (χ2v) is 8.13. The number of halogens is 2. The highest BCUT2D eigenvalue weighted by molar-refractivity contribution is 6.28. The fourth-order valence-electron chi connectivity index (χ4n) is 3.01. The molecule has 1 N–H and O–H groups in total. The van der Waals surface area contributed by atoms with Crippen LogP contribution in [0, 0.1) is 12.7 Å². The fraction of sp³-hybridized carbons (Fsp3) is 0.333. The van der Waals surface area contributed by atoms with Gasteiger partial charge in [0.15, 0.2) is 5.82 Å². The first-order valence-corrected chi connectivity index (χ1v) is 9.50. The van der Waals surface area contributed by atoms with Crippen LogP contribution in [0.3, 0.4) is 0 Å². The van der Waals surface area contributed by atoms with E-state index in [0.29, 0.717) is 5.56 Å². The van der Waals surface area contributed by atoms with Gasteiger partial charge in [0.05, 0.1) is 17.8 Å². The summed E-state index contributed by atoms with van der Waals surface area (Å²) in [5.41, 5.74) is 2.40. The molecule has 3 aromatic rings. The first kappa shape index (κ1) is 20.9. The molecule has 0 aliphatic rings. The average molecular weight is 417 g/mol. The Morgan fingerprint density at radius 3 is 2.66 bits per heavy atom. The van der Waals surface area contributed by atoms with Crippen LogP contribution in [-0.4, -0.2) is 26.6 Å². The number of pyridine rings is 1. The summed E-state index contributed by atoms with van der Waals surface area (Å²) in [7, 11) is 0. The number of nitrogens with zero attached hydrogens (tertiary/aromatic N) is 3. The van der Waals surface area contributed by atoms with Crippen LogP contribution < -0.4 is 5.32 Å². The molecule has 0 bridgehead atoms. The predicted molar refractivity (Wildman–Crippen MR) is 110 cm³/mol. The van der Waals surface area contributed by atoms with Crippen LogP contribution in [0.25, 0.3) is 22.2 Å². The van der Waals surface area contributed by atoms with E-state index >= 15 is 0 Å². The van der Waals surface area contributed by atoms with Gasteiger partial charge in [-0.05, 0) is 70.0 Å². The van der Waals surface area contributed by atoms with Crippen molar-refractivity contribution in [3.8, 4) is 11.3 Å². The van der Waals surface area contributed by atoms with Crippen molar-refractivity contribution in [2.75, 3.05) is 0 Å². The Morgan fingerprint density at radius 2 is 1.97 bits per heavy atom. The van der Waals surface area contributed by atoms with E-state index in [0.717, 1.165) is 28.4 Å². The standard InChI is InChI=1S/C21H22ClFN4O2/c1-11-8-14(12(2)26-20(28)29-21(3,4)5)15-9-13(6-7-17(15)25-11)18-16(23)10-24-19(22)27-18/h6-10,12H,1-5H3,(H,26,28). The number of fused-ring (bicyclic) bond motifs is 1. The number of hydrogen-bond donors (Lipinski definition) is 1. The largest absolute Gasteiger partial charge is 0.444 e. The van der Waals surface area contributed by atoms with E-state index in [1.165, 1.54) is 0 Å². The summed E-state index contributed by atoms with van der Waals surface area (Å²) in [6.45, 7) is 9.14. The van der Waals surface area contributed by atoms with Gasteiger partial charge in [-0.3, -0.25) is 4.98 Å². The van der Waals surface area contributed by atoms with E-state index in [2.05, 4.69) is 20.3 Å². The van der Waals surface area contributed by atoms with Crippen molar-refractivity contribution in [3.05, 3.63) is 52.8 Å². The maximum atomic E-state index is 14.2. The number of aromatic nitrogens is 3. The van der Waals surface area contributed by atoms with E-state index in [1.807, 2.05) is 19.9 Å². The van der Waals surface area contributed by atoms with Crippen LogP contribution in [0.1, 0.15) is 45.0 Å². The third-order valence-corrected chi connectivity index (χ3v) is 4.34. The monoisotopic (exact) mass is 416 g/mol. The topological polar surface area (TPSA) is 77.0 Å². The third-order valence-electron chi connectivity index (χ3n) is 4.16. The Balaban J connectivity index is 2.04. The summed E-state index contributed by atoms with van der Waals surface area (Å²) in [6, 6.07) is 6.83. The minimum Gasteiger partial charge on any atom is -0.444 e. The van der Waals surface area contributed by atoms with Gasteiger partial charge in [0.25, 0.3) is 0 Å². The molecule has 0 radical (unpaired) electrons. The lowest BCUT2D eigenvalue weighted by Crippen LogP contribution is -2.34. The van der Waals surface area contributed by atoms with Crippen LogP contribution in [0.5, 0.6) is 0 Å². The quantitative estimate of drug-likeness (QED) is 0.580. The number of hydrogen-bond acceptors (Lipinski definition) is 5. The number of ether oxygens (including phenoxy) is 1. The van der Waals surface area contributed by atoms with Crippen molar-refractivity contribution < 1.29 is 13.9 Å². The van der Waals surface area contributed by atoms with Crippen molar-refractivity contribution in [3.63, 3.8) is 0 Å². The zero-order valence-corrected chi connectivity index (χ0v) is 17.6. The highest BCUT2D eigenvalue weighted by Crippen LogP contribution is 2.30. The Morgan fingerprint density at radius 1 is 1.24 bits per heavy atom. The molecule has 2 heterocycles. The fourth-order valence-corrected chi connectivity index (χ4v) is 3.14. The molecule has 152 valence electrons. The van der Waals surface area contributed by atoms with Crippen molar-refractivity contribution in [2.45, 2.75) is 46.3 Å². The third kappa shape index (κ3) is 4.98. The number of carbonyl (C=O) groups is 1. The molecule has 1 atom stereocenters. The summed E-state index contributed by atoms with van der Waals surface area (Å²) in [5.74, 6) is -0.574. The highest BCUT2D eigenvalue weighted by Gasteiger charge is 2.20. The van der Waals surface area contributed by atoms with Crippen LogP contribution in [-0.2, 0) is 4.74 Å². The molecule has 0 aliphatic carbocycles. The van der Waals surface area contributed by atoms with Gasteiger partial charge in [-0.2, -0.15) is 0 Å².